The molecule has 0 radical (unpaired) electrons. The summed E-state index contributed by atoms with van der Waals surface area (Å²) >= 11 is 0. The molecular formula is C20H23N5O4. The fraction of sp³-hybridized carbons (Fsp3) is 0.250. The molecule has 29 heavy (non-hydrogen) atoms. The second-order valence-electron chi connectivity index (χ2n) is 6.19. The summed E-state index contributed by atoms with van der Waals surface area (Å²) in [4.78, 5) is 11.8. The number of hydrogen-bond donors (Lipinski definition) is 3. The van der Waals surface area contributed by atoms with Gasteiger partial charge in [0.15, 0.2) is 11.5 Å². The number of anilines is 1. The van der Waals surface area contributed by atoms with Crippen molar-refractivity contribution in [3.63, 3.8) is 0 Å². The standard InChI is InChI=1S/C20H23N5O4/c1-27-17-11-15(7-8-16(17)28-13-14-5-3-2-4-6-14)12-22-9-10-23-20(26)18-19(21)25-29-24-18/h2-8,11,22H,9-10,12-13H2,1H3,(H2,21,25)(H,23,26). The molecule has 0 aliphatic carbocycles. The van der Waals surface area contributed by atoms with Crippen LogP contribution in [0.4, 0.5) is 5.82 Å². The molecule has 4 N–H and O–H groups in total. The summed E-state index contributed by atoms with van der Waals surface area (Å²) in [7, 11) is 1.61. The molecule has 1 aromatic heterocycles. The van der Waals surface area contributed by atoms with Crippen LogP contribution in [0, 0.1) is 0 Å². The van der Waals surface area contributed by atoms with Crippen LogP contribution in [0.3, 0.4) is 0 Å². The summed E-state index contributed by atoms with van der Waals surface area (Å²) in [6, 6.07) is 15.7. The first-order chi connectivity index (χ1) is 14.2. The van der Waals surface area contributed by atoms with Gasteiger partial charge in [-0.05, 0) is 33.6 Å². The van der Waals surface area contributed by atoms with Crippen LogP contribution in [0.5, 0.6) is 11.5 Å². The quantitative estimate of drug-likeness (QED) is 0.442. The van der Waals surface area contributed by atoms with Crippen LogP contribution in [-0.4, -0.2) is 36.4 Å². The molecule has 0 aliphatic rings. The molecule has 1 amide bonds. The number of nitrogen functional groups attached to an aromatic ring is 1. The highest BCUT2D eigenvalue weighted by Crippen LogP contribution is 2.28. The molecule has 0 bridgehead atoms. The molecule has 0 unspecified atom stereocenters. The highest BCUT2D eigenvalue weighted by Gasteiger charge is 2.14. The monoisotopic (exact) mass is 397 g/mol. The Morgan fingerprint density at radius 2 is 1.90 bits per heavy atom. The van der Waals surface area contributed by atoms with Crippen molar-refractivity contribution in [1.82, 2.24) is 20.9 Å². The van der Waals surface area contributed by atoms with Gasteiger partial charge in [-0.25, -0.2) is 4.63 Å². The lowest BCUT2D eigenvalue weighted by Gasteiger charge is -2.13. The minimum atomic E-state index is -0.424. The Kier molecular flexibility index (Phi) is 7.01. The highest BCUT2D eigenvalue weighted by molar-refractivity contribution is 5.95. The zero-order valence-electron chi connectivity index (χ0n) is 16.1. The van der Waals surface area contributed by atoms with E-state index in [1.807, 2.05) is 48.5 Å². The highest BCUT2D eigenvalue weighted by atomic mass is 16.6. The Hall–Kier alpha value is -3.59. The Morgan fingerprint density at radius 1 is 1.07 bits per heavy atom. The number of hydrogen-bond acceptors (Lipinski definition) is 8. The van der Waals surface area contributed by atoms with Crippen LogP contribution in [0.2, 0.25) is 0 Å². The zero-order chi connectivity index (χ0) is 20.5. The van der Waals surface area contributed by atoms with Crippen molar-refractivity contribution in [2.45, 2.75) is 13.2 Å². The van der Waals surface area contributed by atoms with E-state index in [0.29, 0.717) is 37.7 Å². The maximum atomic E-state index is 11.8. The molecule has 0 atom stereocenters. The van der Waals surface area contributed by atoms with Gasteiger partial charge in [-0.1, -0.05) is 36.4 Å². The normalized spacial score (nSPS) is 10.5. The summed E-state index contributed by atoms with van der Waals surface area (Å²) in [6.07, 6.45) is 0. The maximum absolute atomic E-state index is 11.8. The SMILES string of the molecule is COc1cc(CNCCNC(=O)c2nonc2N)ccc1OCc1ccccc1. The van der Waals surface area contributed by atoms with Gasteiger partial charge in [0.2, 0.25) is 11.5 Å². The van der Waals surface area contributed by atoms with Crippen LogP contribution < -0.4 is 25.8 Å². The van der Waals surface area contributed by atoms with Crippen LogP contribution >= 0.6 is 0 Å². The van der Waals surface area contributed by atoms with E-state index < -0.39 is 5.91 Å². The number of carbonyl (C=O) groups excluding carboxylic acids is 1. The van der Waals surface area contributed by atoms with E-state index in [-0.39, 0.29) is 11.5 Å². The number of amides is 1. The number of ether oxygens (including phenoxy) is 2. The van der Waals surface area contributed by atoms with E-state index in [9.17, 15) is 4.79 Å². The molecule has 0 aliphatic heterocycles. The average molecular weight is 397 g/mol. The van der Waals surface area contributed by atoms with Crippen molar-refractivity contribution in [3.05, 3.63) is 65.4 Å². The molecule has 9 heteroatoms. The third-order valence-corrected chi connectivity index (χ3v) is 4.11. The van der Waals surface area contributed by atoms with E-state index in [0.717, 1.165) is 11.1 Å². The Morgan fingerprint density at radius 3 is 2.62 bits per heavy atom. The molecular weight excluding hydrogens is 374 g/mol. The fourth-order valence-corrected chi connectivity index (χ4v) is 2.61. The third-order valence-electron chi connectivity index (χ3n) is 4.11. The van der Waals surface area contributed by atoms with Gasteiger partial charge in [-0.3, -0.25) is 4.79 Å². The summed E-state index contributed by atoms with van der Waals surface area (Å²) in [5.41, 5.74) is 7.58. The molecule has 3 aromatic rings. The van der Waals surface area contributed by atoms with Crippen LogP contribution in [0.1, 0.15) is 21.6 Å². The number of aromatic nitrogens is 2. The molecule has 3 rings (SSSR count). The lowest BCUT2D eigenvalue weighted by molar-refractivity contribution is 0.0944. The van der Waals surface area contributed by atoms with Gasteiger partial charge in [0.25, 0.3) is 5.91 Å². The molecule has 1 heterocycles. The fourth-order valence-electron chi connectivity index (χ4n) is 2.61. The predicted molar refractivity (Wildman–Crippen MR) is 107 cm³/mol. The average Bonchev–Trinajstić information content (AvgIpc) is 3.19. The molecule has 0 saturated carbocycles. The predicted octanol–water partition coefficient (Wildman–Crippen LogP) is 1.76. The van der Waals surface area contributed by atoms with Crippen LogP contribution in [0.25, 0.3) is 0 Å². The number of rotatable bonds is 10. The summed E-state index contributed by atoms with van der Waals surface area (Å²) in [5, 5.41) is 12.8. The van der Waals surface area contributed by atoms with Crippen molar-refractivity contribution in [1.29, 1.82) is 0 Å². The van der Waals surface area contributed by atoms with Gasteiger partial charge in [0.1, 0.15) is 6.61 Å². The summed E-state index contributed by atoms with van der Waals surface area (Å²) in [5.74, 6) is 0.901. The smallest absolute Gasteiger partial charge is 0.277 e. The first-order valence-electron chi connectivity index (χ1n) is 9.08. The van der Waals surface area contributed by atoms with Crippen LogP contribution in [-0.2, 0) is 13.2 Å². The molecule has 0 saturated heterocycles. The largest absolute Gasteiger partial charge is 0.493 e. The van der Waals surface area contributed by atoms with E-state index in [1.54, 1.807) is 7.11 Å². The second-order valence-corrected chi connectivity index (χ2v) is 6.19. The Bertz CT molecular complexity index is 930. The third kappa shape index (κ3) is 5.69. The van der Waals surface area contributed by atoms with Gasteiger partial charge in [0.05, 0.1) is 7.11 Å². The minimum absolute atomic E-state index is 0.0131. The summed E-state index contributed by atoms with van der Waals surface area (Å²) in [6.45, 7) is 2.05. The topological polar surface area (TPSA) is 125 Å². The number of carbonyl (C=O) groups is 1. The van der Waals surface area contributed by atoms with Gasteiger partial charge < -0.3 is 25.8 Å². The molecule has 0 fully saturated rings. The Balaban J connectivity index is 1.44. The first kappa shape index (κ1) is 20.2. The molecule has 152 valence electrons. The first-order valence-corrected chi connectivity index (χ1v) is 9.08. The molecule has 9 nitrogen and oxygen atoms in total. The Labute approximate surface area is 168 Å². The van der Waals surface area contributed by atoms with Crippen LogP contribution in [0.15, 0.2) is 53.2 Å². The van der Waals surface area contributed by atoms with E-state index in [1.165, 1.54) is 0 Å². The number of nitrogens with two attached hydrogens (primary N) is 1. The molecule has 2 aromatic carbocycles. The van der Waals surface area contributed by atoms with Crippen molar-refractivity contribution < 1.29 is 18.9 Å². The number of nitrogens with zero attached hydrogens (tertiary/aromatic N) is 2. The van der Waals surface area contributed by atoms with E-state index in [2.05, 4.69) is 25.6 Å². The van der Waals surface area contributed by atoms with Crippen molar-refractivity contribution in [2.75, 3.05) is 25.9 Å². The lowest BCUT2D eigenvalue weighted by atomic mass is 10.2. The zero-order valence-corrected chi connectivity index (χ0v) is 16.1. The number of nitrogens with one attached hydrogen (secondary N) is 2. The van der Waals surface area contributed by atoms with E-state index >= 15 is 0 Å². The van der Waals surface area contributed by atoms with Crippen molar-refractivity contribution >= 4 is 11.7 Å². The number of benzene rings is 2. The minimum Gasteiger partial charge on any atom is -0.493 e. The van der Waals surface area contributed by atoms with E-state index in [4.69, 9.17) is 15.2 Å². The van der Waals surface area contributed by atoms with Gasteiger partial charge in [0, 0.05) is 19.6 Å². The molecule has 0 spiro atoms. The van der Waals surface area contributed by atoms with Crippen molar-refractivity contribution in [2.24, 2.45) is 0 Å². The maximum Gasteiger partial charge on any atom is 0.277 e. The summed E-state index contributed by atoms with van der Waals surface area (Å²) < 4.78 is 15.7. The van der Waals surface area contributed by atoms with Gasteiger partial charge >= 0.3 is 0 Å². The van der Waals surface area contributed by atoms with Crippen molar-refractivity contribution in [3.8, 4) is 11.5 Å². The number of methoxy groups -OCH3 is 1. The van der Waals surface area contributed by atoms with Gasteiger partial charge in [-0.15, -0.1) is 0 Å². The second kappa shape index (κ2) is 10.1. The van der Waals surface area contributed by atoms with Gasteiger partial charge in [-0.2, -0.15) is 0 Å². The lowest BCUT2D eigenvalue weighted by Crippen LogP contribution is -2.32.